The summed E-state index contributed by atoms with van der Waals surface area (Å²) >= 11 is 0. The number of benzene rings is 2. The van der Waals surface area contributed by atoms with Gasteiger partial charge in [0.25, 0.3) is 5.91 Å². The molecule has 134 valence electrons. The fourth-order valence-corrected chi connectivity index (χ4v) is 2.43. The van der Waals surface area contributed by atoms with Gasteiger partial charge in [-0.3, -0.25) is 10.2 Å². The van der Waals surface area contributed by atoms with Gasteiger partial charge in [-0.05, 0) is 48.2 Å². The zero-order valence-electron chi connectivity index (χ0n) is 15.3. The van der Waals surface area contributed by atoms with Crippen molar-refractivity contribution in [3.8, 4) is 11.5 Å². The summed E-state index contributed by atoms with van der Waals surface area (Å²) in [6, 6.07) is 13.2. The zero-order valence-corrected chi connectivity index (χ0v) is 15.3. The van der Waals surface area contributed by atoms with E-state index in [2.05, 4.69) is 38.3 Å². The highest BCUT2D eigenvalue weighted by Gasteiger charge is 2.14. The molecule has 0 saturated heterocycles. The average Bonchev–Trinajstić information content (AvgIpc) is 2.60. The molecule has 3 N–H and O–H groups in total. The van der Waals surface area contributed by atoms with Gasteiger partial charge in [-0.25, -0.2) is 5.84 Å². The molecule has 0 saturated carbocycles. The van der Waals surface area contributed by atoms with Gasteiger partial charge in [0, 0.05) is 11.1 Å². The molecule has 0 aliphatic heterocycles. The molecule has 0 fully saturated rings. The van der Waals surface area contributed by atoms with Crippen molar-refractivity contribution in [3.63, 3.8) is 0 Å². The Morgan fingerprint density at radius 3 is 2.32 bits per heavy atom. The van der Waals surface area contributed by atoms with Gasteiger partial charge in [0.05, 0.1) is 6.61 Å². The molecule has 5 nitrogen and oxygen atoms in total. The number of rotatable bonds is 6. The van der Waals surface area contributed by atoms with Crippen molar-refractivity contribution in [2.24, 2.45) is 5.84 Å². The van der Waals surface area contributed by atoms with Crippen molar-refractivity contribution in [1.82, 2.24) is 5.43 Å². The number of amides is 1. The van der Waals surface area contributed by atoms with Gasteiger partial charge in [-0.1, -0.05) is 32.9 Å². The summed E-state index contributed by atoms with van der Waals surface area (Å²) in [4.78, 5) is 11.7. The SMILES string of the molecule is CCOc1ccc(C(=O)NN)cc1COc1ccc(C(C)(C)C)cc1. The first kappa shape index (κ1) is 18.8. The van der Waals surface area contributed by atoms with E-state index in [1.165, 1.54) is 5.56 Å². The molecule has 0 heterocycles. The van der Waals surface area contributed by atoms with E-state index in [-0.39, 0.29) is 11.3 Å². The Labute approximate surface area is 149 Å². The highest BCUT2D eigenvalue weighted by molar-refractivity contribution is 5.94. The molecular weight excluding hydrogens is 316 g/mol. The number of carbonyl (C=O) groups is 1. The standard InChI is InChI=1S/C20H26N2O3/c1-5-24-18-11-6-14(19(23)22-21)12-15(18)13-25-17-9-7-16(8-10-17)20(2,3)4/h6-12H,5,13,21H2,1-4H3,(H,22,23). The topological polar surface area (TPSA) is 73.6 Å². The number of hydrogen-bond acceptors (Lipinski definition) is 4. The van der Waals surface area contributed by atoms with E-state index in [1.807, 2.05) is 19.1 Å². The summed E-state index contributed by atoms with van der Waals surface area (Å²) in [6.07, 6.45) is 0. The number of hydrazine groups is 1. The lowest BCUT2D eigenvalue weighted by molar-refractivity contribution is 0.0953. The molecule has 2 aromatic carbocycles. The third kappa shape index (κ3) is 4.97. The molecule has 0 atom stereocenters. The lowest BCUT2D eigenvalue weighted by Crippen LogP contribution is -2.30. The minimum absolute atomic E-state index is 0.102. The largest absolute Gasteiger partial charge is 0.493 e. The Kier molecular flexibility index (Phi) is 6.04. The molecule has 0 unspecified atom stereocenters. The molecule has 0 aliphatic rings. The highest BCUT2D eigenvalue weighted by Crippen LogP contribution is 2.26. The summed E-state index contributed by atoms with van der Waals surface area (Å²) in [5.74, 6) is 6.32. The van der Waals surface area contributed by atoms with Gasteiger partial charge in [0.1, 0.15) is 18.1 Å². The number of ether oxygens (including phenoxy) is 2. The lowest BCUT2D eigenvalue weighted by Gasteiger charge is -2.19. The maximum Gasteiger partial charge on any atom is 0.265 e. The van der Waals surface area contributed by atoms with Crippen molar-refractivity contribution < 1.29 is 14.3 Å². The van der Waals surface area contributed by atoms with Gasteiger partial charge < -0.3 is 9.47 Å². The fraction of sp³-hybridized carbons (Fsp3) is 0.350. The second-order valence-electron chi connectivity index (χ2n) is 6.79. The van der Waals surface area contributed by atoms with Crippen molar-refractivity contribution in [3.05, 3.63) is 59.2 Å². The van der Waals surface area contributed by atoms with Crippen molar-refractivity contribution >= 4 is 5.91 Å². The van der Waals surface area contributed by atoms with E-state index in [0.29, 0.717) is 24.5 Å². The van der Waals surface area contributed by atoms with Gasteiger partial charge in [-0.15, -0.1) is 0 Å². The van der Waals surface area contributed by atoms with E-state index >= 15 is 0 Å². The molecule has 0 bridgehead atoms. The average molecular weight is 342 g/mol. The Morgan fingerprint density at radius 1 is 1.08 bits per heavy atom. The fourth-order valence-electron chi connectivity index (χ4n) is 2.43. The quantitative estimate of drug-likeness (QED) is 0.478. The molecule has 0 radical (unpaired) electrons. The van der Waals surface area contributed by atoms with Crippen molar-refractivity contribution in [2.45, 2.75) is 39.7 Å². The zero-order chi connectivity index (χ0) is 18.4. The van der Waals surface area contributed by atoms with Crippen LogP contribution in [0.1, 0.15) is 49.2 Å². The first-order chi connectivity index (χ1) is 11.8. The van der Waals surface area contributed by atoms with Crippen LogP contribution in [0.25, 0.3) is 0 Å². The first-order valence-electron chi connectivity index (χ1n) is 8.35. The van der Waals surface area contributed by atoms with Gasteiger partial charge >= 0.3 is 0 Å². The van der Waals surface area contributed by atoms with Crippen LogP contribution >= 0.6 is 0 Å². The summed E-state index contributed by atoms with van der Waals surface area (Å²) in [7, 11) is 0. The van der Waals surface area contributed by atoms with Crippen LogP contribution in [0.3, 0.4) is 0 Å². The highest BCUT2D eigenvalue weighted by atomic mass is 16.5. The van der Waals surface area contributed by atoms with Gasteiger partial charge in [0.2, 0.25) is 0 Å². The minimum Gasteiger partial charge on any atom is -0.493 e. The maximum atomic E-state index is 11.7. The minimum atomic E-state index is -0.348. The van der Waals surface area contributed by atoms with E-state index in [9.17, 15) is 4.79 Å². The van der Waals surface area contributed by atoms with E-state index < -0.39 is 0 Å². The van der Waals surface area contributed by atoms with Crippen LogP contribution in [-0.2, 0) is 12.0 Å². The summed E-state index contributed by atoms with van der Waals surface area (Å²) in [5, 5.41) is 0. The predicted molar refractivity (Wildman–Crippen MR) is 98.7 cm³/mol. The molecule has 0 aromatic heterocycles. The third-order valence-electron chi connectivity index (χ3n) is 3.87. The van der Waals surface area contributed by atoms with Crippen molar-refractivity contribution in [2.75, 3.05) is 6.61 Å². The smallest absolute Gasteiger partial charge is 0.265 e. The number of nitrogens with two attached hydrogens (primary N) is 1. The van der Waals surface area contributed by atoms with Crippen molar-refractivity contribution in [1.29, 1.82) is 0 Å². The number of carbonyl (C=O) groups excluding carboxylic acids is 1. The first-order valence-corrected chi connectivity index (χ1v) is 8.35. The Balaban J connectivity index is 2.16. The van der Waals surface area contributed by atoms with E-state index in [4.69, 9.17) is 15.3 Å². The molecule has 0 spiro atoms. The Morgan fingerprint density at radius 2 is 1.76 bits per heavy atom. The Bertz CT molecular complexity index is 719. The van der Waals surface area contributed by atoms with Crippen LogP contribution in [0, 0.1) is 0 Å². The monoisotopic (exact) mass is 342 g/mol. The normalized spacial score (nSPS) is 11.1. The van der Waals surface area contributed by atoms with Crippen LogP contribution in [0.4, 0.5) is 0 Å². The number of nitrogen functional groups attached to an aromatic ring is 1. The van der Waals surface area contributed by atoms with Crippen LogP contribution in [0.5, 0.6) is 11.5 Å². The summed E-state index contributed by atoms with van der Waals surface area (Å²) < 4.78 is 11.5. The number of nitrogens with one attached hydrogen (secondary N) is 1. The predicted octanol–water partition coefficient (Wildman–Crippen LogP) is 3.57. The van der Waals surface area contributed by atoms with E-state index in [0.717, 1.165) is 11.3 Å². The van der Waals surface area contributed by atoms with Crippen LogP contribution in [-0.4, -0.2) is 12.5 Å². The summed E-state index contributed by atoms with van der Waals surface area (Å²) in [6.45, 7) is 9.27. The second-order valence-corrected chi connectivity index (χ2v) is 6.79. The number of hydrogen-bond donors (Lipinski definition) is 2. The van der Waals surface area contributed by atoms with Gasteiger partial charge in [-0.2, -0.15) is 0 Å². The van der Waals surface area contributed by atoms with Crippen LogP contribution in [0.15, 0.2) is 42.5 Å². The molecule has 2 aromatic rings. The molecular formula is C20H26N2O3. The molecule has 25 heavy (non-hydrogen) atoms. The lowest BCUT2D eigenvalue weighted by atomic mass is 9.87. The summed E-state index contributed by atoms with van der Waals surface area (Å²) in [5.41, 5.74) is 4.74. The van der Waals surface area contributed by atoms with Crippen LogP contribution in [0.2, 0.25) is 0 Å². The molecule has 2 rings (SSSR count). The maximum absolute atomic E-state index is 11.7. The molecule has 0 aliphatic carbocycles. The molecule has 5 heteroatoms. The van der Waals surface area contributed by atoms with E-state index in [1.54, 1.807) is 18.2 Å². The molecule has 1 amide bonds. The van der Waals surface area contributed by atoms with Gasteiger partial charge in [0.15, 0.2) is 0 Å². The third-order valence-corrected chi connectivity index (χ3v) is 3.87. The van der Waals surface area contributed by atoms with Crippen LogP contribution < -0.4 is 20.7 Å². The second kappa shape index (κ2) is 8.03. The Hall–Kier alpha value is -2.53.